The van der Waals surface area contributed by atoms with Crippen LogP contribution in [0.15, 0.2) is 103 Å². The van der Waals surface area contributed by atoms with Crippen molar-refractivity contribution in [2.24, 2.45) is 0 Å². The summed E-state index contributed by atoms with van der Waals surface area (Å²) in [5, 5.41) is 0. The topological polar surface area (TPSA) is 28.7 Å². The van der Waals surface area contributed by atoms with Gasteiger partial charge in [-0.2, -0.15) is 26.3 Å². The molecule has 1 aromatic heterocycles. The number of allylic oxidation sites excluding steroid dienone is 1. The number of imidazole rings is 1. The summed E-state index contributed by atoms with van der Waals surface area (Å²) < 4.78 is 77.3. The second kappa shape index (κ2) is 11.3. The average Bonchev–Trinajstić information content (AvgIpc) is 3.32. The molecule has 0 saturated carbocycles. The molecule has 3 aromatic carbocycles. The minimum Gasteiger partial charge on any atom is -0.348 e. The lowest BCUT2D eigenvalue weighted by Gasteiger charge is -2.18. The van der Waals surface area contributed by atoms with Gasteiger partial charge in [0.05, 0.1) is 11.1 Å². The highest BCUT2D eigenvalue weighted by atomic mass is 19.4. The number of H-pyrrole nitrogens is 1. The summed E-state index contributed by atoms with van der Waals surface area (Å²) in [7, 11) is 0. The predicted molar refractivity (Wildman–Crippen MR) is 131 cm³/mol. The van der Waals surface area contributed by atoms with E-state index in [1.54, 1.807) is 13.1 Å². The van der Waals surface area contributed by atoms with Crippen LogP contribution in [0.25, 0.3) is 0 Å². The molecule has 0 radical (unpaired) electrons. The number of aromatic amines is 1. The van der Waals surface area contributed by atoms with Gasteiger partial charge in [0.2, 0.25) is 6.71 Å². The first-order valence-corrected chi connectivity index (χ1v) is 11.0. The largest absolute Gasteiger partial charge is 0.416 e. The fourth-order valence-electron chi connectivity index (χ4n) is 3.73. The number of benzene rings is 3. The molecular weight excluding hydrogens is 477 g/mol. The zero-order valence-corrected chi connectivity index (χ0v) is 19.4. The van der Waals surface area contributed by atoms with Crippen LogP contribution in [0.2, 0.25) is 0 Å². The van der Waals surface area contributed by atoms with E-state index in [1.807, 2.05) is 24.4 Å². The second-order valence-electron chi connectivity index (χ2n) is 8.22. The van der Waals surface area contributed by atoms with Crippen LogP contribution >= 0.6 is 0 Å². The van der Waals surface area contributed by atoms with Gasteiger partial charge < -0.3 is 4.98 Å². The summed E-state index contributed by atoms with van der Waals surface area (Å²) in [6.45, 7) is 4.55. The fourth-order valence-corrected chi connectivity index (χ4v) is 3.73. The Morgan fingerprint density at radius 2 is 1.33 bits per heavy atom. The summed E-state index contributed by atoms with van der Waals surface area (Å²) in [6, 6.07) is 19.4. The van der Waals surface area contributed by atoms with E-state index in [0.29, 0.717) is 5.47 Å². The molecule has 0 aliphatic heterocycles. The molecule has 0 unspecified atom stereocenters. The van der Waals surface area contributed by atoms with E-state index in [2.05, 4.69) is 28.7 Å². The Bertz CT molecular complexity index is 1210. The predicted octanol–water partition coefficient (Wildman–Crippen LogP) is 6.45. The van der Waals surface area contributed by atoms with Crippen LogP contribution in [0.1, 0.15) is 29.4 Å². The Hall–Kier alpha value is -3.75. The molecule has 0 saturated heterocycles. The van der Waals surface area contributed by atoms with Gasteiger partial charge in [-0.1, -0.05) is 96.7 Å². The summed E-state index contributed by atoms with van der Waals surface area (Å²) in [5.74, 6) is 1.02. The molecule has 0 aliphatic rings. The van der Waals surface area contributed by atoms with Crippen LogP contribution in [-0.2, 0) is 18.8 Å². The lowest BCUT2D eigenvalue weighted by molar-refractivity contribution is -0.138. The van der Waals surface area contributed by atoms with Crippen LogP contribution in [-0.4, -0.2) is 16.7 Å². The van der Waals surface area contributed by atoms with E-state index in [0.717, 1.165) is 36.5 Å². The molecule has 0 spiro atoms. The first-order valence-electron chi connectivity index (χ1n) is 11.0. The lowest BCUT2D eigenvalue weighted by atomic mass is 9.36. The zero-order chi connectivity index (χ0) is 26.3. The van der Waals surface area contributed by atoms with Gasteiger partial charge in [0.1, 0.15) is 5.82 Å². The van der Waals surface area contributed by atoms with Gasteiger partial charge in [0.25, 0.3) is 0 Å². The standard InChI is InChI=1S/C17H13BF6.C10H10N2/c1-11(2)18(14-7-3-5-12(9-14)16(19,20)21)15-8-4-6-13(10-15)17(22,23)24;1-2-4-9(5-3-1)8-10-11-6-7-12-10/h3-10H,1H2,2H3;1-7H,8H2,(H,11,12). The quantitative estimate of drug-likeness (QED) is 0.248. The summed E-state index contributed by atoms with van der Waals surface area (Å²) in [5.41, 5.74) is 0.533. The minimum atomic E-state index is -4.52. The molecule has 4 aromatic rings. The normalized spacial score (nSPS) is 11.4. The van der Waals surface area contributed by atoms with Crippen molar-refractivity contribution in [3.8, 4) is 0 Å². The SMILES string of the molecule is C=C(C)B(c1cccc(C(F)(F)F)c1)c1cccc(C(F)(F)F)c1.c1ccc(Cc2ncc[nH]2)cc1. The van der Waals surface area contributed by atoms with Gasteiger partial charge >= 0.3 is 12.4 Å². The molecule has 0 bridgehead atoms. The highest BCUT2D eigenvalue weighted by Crippen LogP contribution is 2.29. The van der Waals surface area contributed by atoms with Crippen molar-refractivity contribution < 1.29 is 26.3 Å². The summed E-state index contributed by atoms with van der Waals surface area (Å²) >= 11 is 0. The molecule has 9 heteroatoms. The van der Waals surface area contributed by atoms with Crippen molar-refractivity contribution in [1.82, 2.24) is 9.97 Å². The summed E-state index contributed by atoms with van der Waals surface area (Å²) in [4.78, 5) is 7.23. The molecule has 1 heterocycles. The van der Waals surface area contributed by atoms with Crippen molar-refractivity contribution in [2.75, 3.05) is 0 Å². The maximum absolute atomic E-state index is 12.9. The molecule has 4 rings (SSSR count). The van der Waals surface area contributed by atoms with Gasteiger partial charge in [-0.3, -0.25) is 0 Å². The number of nitrogens with zero attached hydrogens (tertiary/aromatic N) is 1. The molecule has 0 fully saturated rings. The van der Waals surface area contributed by atoms with Crippen LogP contribution in [0.3, 0.4) is 0 Å². The average molecular weight is 500 g/mol. The Kier molecular flexibility index (Phi) is 8.45. The first kappa shape index (κ1) is 26.9. The van der Waals surface area contributed by atoms with Crippen LogP contribution in [0.4, 0.5) is 26.3 Å². The smallest absolute Gasteiger partial charge is 0.348 e. The Labute approximate surface area is 205 Å². The van der Waals surface area contributed by atoms with E-state index in [9.17, 15) is 26.3 Å². The van der Waals surface area contributed by atoms with Crippen molar-refractivity contribution in [2.45, 2.75) is 25.7 Å². The molecule has 186 valence electrons. The van der Waals surface area contributed by atoms with Crippen molar-refractivity contribution in [1.29, 1.82) is 0 Å². The van der Waals surface area contributed by atoms with Gasteiger partial charge in [-0.05, 0) is 5.56 Å². The van der Waals surface area contributed by atoms with E-state index >= 15 is 0 Å². The maximum Gasteiger partial charge on any atom is 0.416 e. The van der Waals surface area contributed by atoms with Crippen molar-refractivity contribution >= 4 is 17.6 Å². The highest BCUT2D eigenvalue weighted by Gasteiger charge is 2.33. The highest BCUT2D eigenvalue weighted by molar-refractivity contribution is 6.90. The molecule has 1 N–H and O–H groups in total. The molecule has 0 amide bonds. The number of aromatic nitrogens is 2. The molecule has 0 aliphatic carbocycles. The van der Waals surface area contributed by atoms with Gasteiger partial charge in [-0.15, -0.1) is 12.1 Å². The minimum absolute atomic E-state index is 0.247. The maximum atomic E-state index is 12.9. The first-order chi connectivity index (χ1) is 16.9. The third-order valence-electron chi connectivity index (χ3n) is 5.36. The molecule has 36 heavy (non-hydrogen) atoms. The van der Waals surface area contributed by atoms with Gasteiger partial charge in [0, 0.05) is 18.8 Å². The number of rotatable bonds is 5. The van der Waals surface area contributed by atoms with Crippen LogP contribution < -0.4 is 10.9 Å². The number of halogens is 6. The van der Waals surface area contributed by atoms with E-state index in [4.69, 9.17) is 0 Å². The second-order valence-corrected chi connectivity index (χ2v) is 8.22. The summed E-state index contributed by atoms with van der Waals surface area (Å²) in [6.07, 6.45) is -4.54. The Morgan fingerprint density at radius 1 is 0.806 bits per heavy atom. The molecule has 0 atom stereocenters. The monoisotopic (exact) mass is 500 g/mol. The zero-order valence-electron chi connectivity index (χ0n) is 19.4. The lowest BCUT2D eigenvalue weighted by Crippen LogP contribution is -2.44. The Morgan fingerprint density at radius 3 is 1.75 bits per heavy atom. The molecule has 2 nitrogen and oxygen atoms in total. The Balaban J connectivity index is 0.000000249. The van der Waals surface area contributed by atoms with Gasteiger partial charge in [0.15, 0.2) is 0 Å². The van der Waals surface area contributed by atoms with Crippen LogP contribution in [0, 0.1) is 0 Å². The van der Waals surface area contributed by atoms with Gasteiger partial charge in [-0.25, -0.2) is 4.98 Å². The third-order valence-corrected chi connectivity index (χ3v) is 5.36. The van der Waals surface area contributed by atoms with E-state index < -0.39 is 30.2 Å². The fraction of sp³-hybridized carbons (Fsp3) is 0.148. The van der Waals surface area contributed by atoms with Crippen molar-refractivity contribution in [3.05, 3.63) is 126 Å². The number of hydrogen-bond acceptors (Lipinski definition) is 1. The number of nitrogens with one attached hydrogen (secondary N) is 1. The number of alkyl halides is 6. The van der Waals surface area contributed by atoms with E-state index in [1.165, 1.54) is 29.8 Å². The third kappa shape index (κ3) is 7.37. The molecular formula is C27H23BF6N2. The van der Waals surface area contributed by atoms with Crippen LogP contribution in [0.5, 0.6) is 0 Å². The van der Waals surface area contributed by atoms with E-state index in [-0.39, 0.29) is 10.9 Å². The number of hydrogen-bond donors (Lipinski definition) is 1. The van der Waals surface area contributed by atoms with Crippen molar-refractivity contribution in [3.63, 3.8) is 0 Å².